The van der Waals surface area contributed by atoms with Crippen LogP contribution in [0.25, 0.3) is 0 Å². The highest BCUT2D eigenvalue weighted by Gasteiger charge is 2.51. The Morgan fingerprint density at radius 3 is 2.61 bits per heavy atom. The largest absolute Gasteiger partial charge is 0.497 e. The molecule has 6 nitrogen and oxygen atoms in total. The zero-order valence-corrected chi connectivity index (χ0v) is 20.1. The lowest BCUT2D eigenvalue weighted by Gasteiger charge is -2.35. The number of carbonyl (C=O) groups is 1. The molecule has 4 rings (SSSR count). The van der Waals surface area contributed by atoms with Crippen molar-refractivity contribution in [3.63, 3.8) is 0 Å². The van der Waals surface area contributed by atoms with E-state index in [-0.39, 0.29) is 0 Å². The number of rotatable bonds is 7. The molecule has 0 amide bonds. The molecule has 2 aromatic carbocycles. The van der Waals surface area contributed by atoms with Gasteiger partial charge in [0.15, 0.2) is 0 Å². The van der Waals surface area contributed by atoms with E-state index in [2.05, 4.69) is 35.2 Å². The number of likely N-dealkylation sites (tertiary alicyclic amines) is 1. The average Bonchev–Trinajstić information content (AvgIpc) is 2.94. The first-order valence-electron chi connectivity index (χ1n) is 11.7. The summed E-state index contributed by atoms with van der Waals surface area (Å²) < 4.78 is 9.87. The van der Waals surface area contributed by atoms with E-state index >= 15 is 0 Å². The highest BCUT2D eigenvalue weighted by molar-refractivity contribution is 8.01. The SMILES string of the molecule is COc1ccc2c(c1)SC(CCCN1CCC(c3ccccc3)CC1)(C(=O)O)[C@H](O)[C@H](C)O2. The number of methoxy groups -OCH3 is 1. The standard InChI is InChI=1S/C26H33NO5S/c1-18-24(28)26(25(29)30,33-23-17-21(31-2)9-10-22(23)32-18)13-6-14-27-15-11-20(12-16-27)19-7-4-3-5-8-19/h3-5,7-10,17-18,20,24,28H,6,11-16H2,1-2H3,(H,29,30)/t18-,24+,26?/m0/s1. The number of piperidine rings is 1. The van der Waals surface area contributed by atoms with Gasteiger partial charge in [0.1, 0.15) is 28.5 Å². The smallest absolute Gasteiger partial charge is 0.322 e. The fourth-order valence-electron chi connectivity index (χ4n) is 4.95. The van der Waals surface area contributed by atoms with Crippen molar-refractivity contribution in [1.82, 2.24) is 4.90 Å². The Morgan fingerprint density at radius 2 is 1.94 bits per heavy atom. The molecule has 1 fully saturated rings. The van der Waals surface area contributed by atoms with Crippen LogP contribution in [-0.2, 0) is 4.79 Å². The zero-order valence-electron chi connectivity index (χ0n) is 19.3. The third-order valence-corrected chi connectivity index (χ3v) is 8.44. The molecule has 2 heterocycles. The van der Waals surface area contributed by atoms with Crippen LogP contribution in [0, 0.1) is 0 Å². The van der Waals surface area contributed by atoms with Crippen molar-refractivity contribution in [3.8, 4) is 11.5 Å². The third-order valence-electron chi connectivity index (χ3n) is 6.92. The monoisotopic (exact) mass is 471 g/mol. The fourth-order valence-corrected chi connectivity index (χ4v) is 6.38. The second-order valence-corrected chi connectivity index (χ2v) is 10.4. The first-order valence-corrected chi connectivity index (χ1v) is 12.5. The maximum absolute atomic E-state index is 12.6. The lowest BCUT2D eigenvalue weighted by molar-refractivity contribution is -0.145. The number of hydrogen-bond acceptors (Lipinski definition) is 6. The quantitative estimate of drug-likeness (QED) is 0.619. The Morgan fingerprint density at radius 1 is 1.21 bits per heavy atom. The van der Waals surface area contributed by atoms with Gasteiger partial charge in [-0.2, -0.15) is 0 Å². The van der Waals surface area contributed by atoms with Gasteiger partial charge in [-0.1, -0.05) is 30.3 Å². The molecule has 2 N–H and O–H groups in total. The molecule has 0 saturated carbocycles. The Labute approximate surface area is 199 Å². The van der Waals surface area contributed by atoms with Crippen molar-refractivity contribution >= 4 is 17.7 Å². The number of carboxylic acid groups (broad SMARTS) is 1. The van der Waals surface area contributed by atoms with Crippen LogP contribution < -0.4 is 9.47 Å². The average molecular weight is 472 g/mol. The minimum Gasteiger partial charge on any atom is -0.497 e. The van der Waals surface area contributed by atoms with Gasteiger partial charge < -0.3 is 24.6 Å². The van der Waals surface area contributed by atoms with Crippen molar-refractivity contribution in [2.45, 2.75) is 60.4 Å². The van der Waals surface area contributed by atoms with E-state index in [1.165, 1.54) is 17.3 Å². The van der Waals surface area contributed by atoms with E-state index in [4.69, 9.17) is 9.47 Å². The van der Waals surface area contributed by atoms with Gasteiger partial charge in [0.25, 0.3) is 0 Å². The fraction of sp³-hybridized carbons (Fsp3) is 0.500. The molecule has 0 radical (unpaired) electrons. The highest BCUT2D eigenvalue weighted by atomic mass is 32.2. The Hall–Kier alpha value is -2.22. The van der Waals surface area contributed by atoms with Gasteiger partial charge in [-0.05, 0) is 81.9 Å². The Bertz CT molecular complexity index is 947. The van der Waals surface area contributed by atoms with E-state index in [1.807, 2.05) is 0 Å². The number of aliphatic carboxylic acids is 1. The second-order valence-electron chi connectivity index (χ2n) is 9.01. The molecule has 1 unspecified atom stereocenters. The summed E-state index contributed by atoms with van der Waals surface area (Å²) in [6.45, 7) is 4.57. The molecule has 7 heteroatoms. The first-order chi connectivity index (χ1) is 15.9. The Kier molecular flexibility index (Phi) is 7.51. The number of aliphatic hydroxyl groups is 1. The summed E-state index contributed by atoms with van der Waals surface area (Å²) in [6.07, 6.45) is 1.51. The third kappa shape index (κ3) is 5.15. The van der Waals surface area contributed by atoms with Crippen LogP contribution in [0.15, 0.2) is 53.4 Å². The maximum Gasteiger partial charge on any atom is 0.322 e. The summed E-state index contributed by atoms with van der Waals surface area (Å²) >= 11 is 1.19. The van der Waals surface area contributed by atoms with Crippen molar-refractivity contribution in [2.24, 2.45) is 0 Å². The topological polar surface area (TPSA) is 79.2 Å². The summed E-state index contributed by atoms with van der Waals surface area (Å²) in [5.74, 6) is 0.804. The highest BCUT2D eigenvalue weighted by Crippen LogP contribution is 2.48. The number of aliphatic hydroxyl groups excluding tert-OH is 1. The number of carboxylic acids is 1. The van der Waals surface area contributed by atoms with Gasteiger partial charge in [0, 0.05) is 0 Å². The predicted octanol–water partition coefficient (Wildman–Crippen LogP) is 4.41. The molecule has 178 valence electrons. The summed E-state index contributed by atoms with van der Waals surface area (Å²) in [7, 11) is 1.58. The van der Waals surface area contributed by atoms with Crippen molar-refractivity contribution in [3.05, 3.63) is 54.1 Å². The molecule has 0 bridgehead atoms. The molecular formula is C26H33NO5S. The van der Waals surface area contributed by atoms with Crippen LogP contribution in [0.2, 0.25) is 0 Å². The molecule has 2 aromatic rings. The molecule has 2 aliphatic rings. The van der Waals surface area contributed by atoms with E-state index in [0.29, 0.717) is 35.2 Å². The summed E-state index contributed by atoms with van der Waals surface area (Å²) in [5, 5.41) is 21.3. The number of fused-ring (bicyclic) bond motifs is 1. The number of benzene rings is 2. The lowest BCUT2D eigenvalue weighted by atomic mass is 9.89. The van der Waals surface area contributed by atoms with Crippen LogP contribution in [0.1, 0.15) is 44.1 Å². The number of nitrogens with zero attached hydrogens (tertiary/aromatic N) is 1. The molecule has 0 aliphatic carbocycles. The van der Waals surface area contributed by atoms with Crippen molar-refractivity contribution in [2.75, 3.05) is 26.7 Å². The van der Waals surface area contributed by atoms with Crippen LogP contribution in [0.5, 0.6) is 11.5 Å². The number of thioether (sulfide) groups is 1. The van der Waals surface area contributed by atoms with E-state index < -0.39 is 22.9 Å². The number of hydrogen-bond donors (Lipinski definition) is 2. The first kappa shape index (κ1) is 23.9. The van der Waals surface area contributed by atoms with Crippen LogP contribution in [0.3, 0.4) is 0 Å². The minimum atomic E-state index is -1.38. The second kappa shape index (κ2) is 10.4. The van der Waals surface area contributed by atoms with Gasteiger partial charge in [0.2, 0.25) is 0 Å². The molecule has 2 aliphatic heterocycles. The molecular weight excluding hydrogens is 438 g/mol. The maximum atomic E-state index is 12.6. The zero-order chi connectivity index (χ0) is 23.4. The normalized spacial score (nSPS) is 26.2. The van der Waals surface area contributed by atoms with Gasteiger partial charge in [0.05, 0.1) is 12.0 Å². The van der Waals surface area contributed by atoms with Crippen molar-refractivity contribution < 1.29 is 24.5 Å². The van der Waals surface area contributed by atoms with Crippen LogP contribution in [0.4, 0.5) is 0 Å². The predicted molar refractivity (Wildman–Crippen MR) is 129 cm³/mol. The van der Waals surface area contributed by atoms with Gasteiger partial charge in [-0.25, -0.2) is 0 Å². The molecule has 0 aromatic heterocycles. The van der Waals surface area contributed by atoms with E-state index in [9.17, 15) is 15.0 Å². The van der Waals surface area contributed by atoms with Crippen LogP contribution in [-0.4, -0.2) is 64.8 Å². The van der Waals surface area contributed by atoms with Crippen molar-refractivity contribution in [1.29, 1.82) is 0 Å². The lowest BCUT2D eigenvalue weighted by Crippen LogP contribution is -2.52. The molecule has 33 heavy (non-hydrogen) atoms. The Balaban J connectivity index is 1.42. The molecule has 3 atom stereocenters. The van der Waals surface area contributed by atoms with E-state index in [0.717, 1.165) is 32.5 Å². The van der Waals surface area contributed by atoms with Gasteiger partial charge >= 0.3 is 5.97 Å². The van der Waals surface area contributed by atoms with E-state index in [1.54, 1.807) is 32.2 Å². The molecule has 0 spiro atoms. The summed E-state index contributed by atoms with van der Waals surface area (Å²) in [6, 6.07) is 16.0. The van der Waals surface area contributed by atoms with Crippen LogP contribution >= 0.6 is 11.8 Å². The molecule has 1 saturated heterocycles. The van der Waals surface area contributed by atoms with Gasteiger partial charge in [-0.15, -0.1) is 11.8 Å². The number of ether oxygens (including phenoxy) is 2. The van der Waals surface area contributed by atoms with Gasteiger partial charge in [-0.3, -0.25) is 4.79 Å². The minimum absolute atomic E-state index is 0.358. The summed E-state index contributed by atoms with van der Waals surface area (Å²) in [5.41, 5.74) is 1.41. The summed E-state index contributed by atoms with van der Waals surface area (Å²) in [4.78, 5) is 15.7.